The molecule has 0 spiro atoms. The molecule has 25 heavy (non-hydrogen) atoms. The number of amides is 1. The first kappa shape index (κ1) is 15.8. The fourth-order valence-electron chi connectivity index (χ4n) is 3.62. The molecule has 128 valence electrons. The van der Waals surface area contributed by atoms with Crippen molar-refractivity contribution in [2.75, 3.05) is 13.1 Å². The van der Waals surface area contributed by atoms with E-state index in [1.807, 2.05) is 30.3 Å². The number of carbonyl (C=O) groups excluding carboxylic acids is 1. The molecule has 1 aliphatic heterocycles. The second-order valence-electron chi connectivity index (χ2n) is 6.70. The molecule has 3 aromatic rings. The van der Waals surface area contributed by atoms with Crippen molar-refractivity contribution in [3.05, 3.63) is 65.4 Å². The third kappa shape index (κ3) is 3.42. The van der Waals surface area contributed by atoms with Crippen LogP contribution in [0.2, 0.25) is 0 Å². The number of carbonyl (C=O) groups is 1. The predicted molar refractivity (Wildman–Crippen MR) is 97.3 cm³/mol. The van der Waals surface area contributed by atoms with Gasteiger partial charge in [-0.05, 0) is 11.6 Å². The normalized spacial score (nSPS) is 14.9. The first-order valence-electron chi connectivity index (χ1n) is 8.93. The highest BCUT2D eigenvalue weighted by molar-refractivity contribution is 6.04. The summed E-state index contributed by atoms with van der Waals surface area (Å²) in [7, 11) is 0. The van der Waals surface area contributed by atoms with Gasteiger partial charge >= 0.3 is 0 Å². The molecule has 5 nitrogen and oxygen atoms in total. The van der Waals surface area contributed by atoms with Crippen LogP contribution in [0.15, 0.2) is 48.5 Å². The van der Waals surface area contributed by atoms with E-state index in [1.54, 1.807) is 4.90 Å². The molecule has 0 aliphatic carbocycles. The van der Waals surface area contributed by atoms with E-state index < -0.39 is 0 Å². The molecule has 0 saturated carbocycles. The van der Waals surface area contributed by atoms with Crippen LogP contribution in [-0.2, 0) is 13.1 Å². The summed E-state index contributed by atoms with van der Waals surface area (Å²) in [6, 6.07) is 16.1. The number of nitrogens with one attached hydrogen (secondary N) is 3. The molecule has 0 radical (unpaired) electrons. The average Bonchev–Trinajstić information content (AvgIpc) is 3.30. The number of quaternary nitrogens is 1. The van der Waals surface area contributed by atoms with Crippen molar-refractivity contribution in [2.24, 2.45) is 0 Å². The van der Waals surface area contributed by atoms with Gasteiger partial charge in [0.1, 0.15) is 6.54 Å². The lowest BCUT2D eigenvalue weighted by Crippen LogP contribution is -3.08. The average molecular weight is 335 g/mol. The minimum Gasteiger partial charge on any atom is -0.347 e. The minimum absolute atomic E-state index is 0.138. The Hall–Kier alpha value is -2.66. The van der Waals surface area contributed by atoms with E-state index in [9.17, 15) is 4.79 Å². The van der Waals surface area contributed by atoms with Gasteiger partial charge in [0.2, 0.25) is 0 Å². The second-order valence-corrected chi connectivity index (χ2v) is 6.70. The van der Waals surface area contributed by atoms with Gasteiger partial charge in [-0.1, -0.05) is 42.5 Å². The van der Waals surface area contributed by atoms with E-state index in [4.69, 9.17) is 0 Å². The number of aromatic amines is 1. The Labute approximate surface area is 147 Å². The predicted octanol–water partition coefficient (Wildman–Crippen LogP) is 1.67. The molecular weight excluding hydrogens is 312 g/mol. The molecule has 0 atom stereocenters. The number of H-pyrrole nitrogens is 1. The highest BCUT2D eigenvalue weighted by atomic mass is 16.1. The highest BCUT2D eigenvalue weighted by Crippen LogP contribution is 2.15. The number of rotatable bonds is 5. The molecular formula is C20H23N4O+. The number of hydrogen-bond acceptors (Lipinski definition) is 2. The molecule has 3 N–H and O–H groups in total. The third-order valence-electron chi connectivity index (χ3n) is 4.99. The summed E-state index contributed by atoms with van der Waals surface area (Å²) in [5.41, 5.74) is 3.85. The monoisotopic (exact) mass is 335 g/mol. The fourth-order valence-corrected chi connectivity index (χ4v) is 3.62. The van der Waals surface area contributed by atoms with Crippen molar-refractivity contribution in [1.29, 1.82) is 0 Å². The summed E-state index contributed by atoms with van der Waals surface area (Å²) < 4.78 is 0. The van der Waals surface area contributed by atoms with Crippen molar-refractivity contribution >= 4 is 16.8 Å². The lowest BCUT2D eigenvalue weighted by molar-refractivity contribution is -0.901. The van der Waals surface area contributed by atoms with Crippen LogP contribution < -0.4 is 10.2 Å². The fraction of sp³-hybridized carbons (Fsp3) is 0.300. The van der Waals surface area contributed by atoms with Gasteiger partial charge in [-0.3, -0.25) is 9.89 Å². The molecule has 2 aromatic carbocycles. The Morgan fingerprint density at radius 3 is 2.60 bits per heavy atom. The van der Waals surface area contributed by atoms with Gasteiger partial charge in [-0.15, -0.1) is 0 Å². The van der Waals surface area contributed by atoms with Gasteiger partial charge in [0.05, 0.1) is 18.6 Å². The van der Waals surface area contributed by atoms with Crippen LogP contribution in [0.25, 0.3) is 10.9 Å². The highest BCUT2D eigenvalue weighted by Gasteiger charge is 2.18. The maximum absolute atomic E-state index is 12.6. The maximum atomic E-state index is 12.6. The zero-order valence-electron chi connectivity index (χ0n) is 14.2. The van der Waals surface area contributed by atoms with Gasteiger partial charge in [-0.25, -0.2) is 0 Å². The quantitative estimate of drug-likeness (QED) is 0.664. The Morgan fingerprint density at radius 2 is 1.76 bits per heavy atom. The van der Waals surface area contributed by atoms with Gasteiger partial charge in [0.15, 0.2) is 5.69 Å². The smallest absolute Gasteiger partial charge is 0.272 e. The number of para-hydroxylation sites is 1. The third-order valence-corrected chi connectivity index (χ3v) is 4.99. The molecule has 1 aromatic heterocycles. The van der Waals surface area contributed by atoms with Crippen LogP contribution >= 0.6 is 0 Å². The van der Waals surface area contributed by atoms with Crippen molar-refractivity contribution < 1.29 is 9.69 Å². The Kier molecular flexibility index (Phi) is 4.48. The van der Waals surface area contributed by atoms with Gasteiger partial charge in [0, 0.05) is 30.3 Å². The summed E-state index contributed by atoms with van der Waals surface area (Å²) in [5, 5.41) is 11.0. The number of likely N-dealkylation sites (tertiary alicyclic amines) is 1. The lowest BCUT2D eigenvalue weighted by Gasteiger charge is -2.15. The van der Waals surface area contributed by atoms with E-state index in [0.29, 0.717) is 12.2 Å². The molecule has 1 saturated heterocycles. The first-order valence-corrected chi connectivity index (χ1v) is 8.93. The standard InChI is InChI=1S/C20H22N4O/c25-20(19-17-9-3-4-10-18(17)22-23-19)21-13-15-7-1-2-8-16(15)14-24-11-5-6-12-24/h1-4,7-10H,5-6,11-14H2,(H,21,25)(H,22,23)/p+1. The van der Waals surface area contributed by atoms with Gasteiger partial charge in [-0.2, -0.15) is 5.10 Å². The molecule has 1 aliphatic rings. The van der Waals surface area contributed by atoms with Crippen molar-refractivity contribution in [2.45, 2.75) is 25.9 Å². The van der Waals surface area contributed by atoms with E-state index in [-0.39, 0.29) is 5.91 Å². The summed E-state index contributed by atoms with van der Waals surface area (Å²) in [6.45, 7) is 4.07. The van der Waals surface area contributed by atoms with Crippen LogP contribution in [0, 0.1) is 0 Å². The van der Waals surface area contributed by atoms with E-state index >= 15 is 0 Å². The topological polar surface area (TPSA) is 62.2 Å². The first-order chi connectivity index (χ1) is 12.3. The summed E-state index contributed by atoms with van der Waals surface area (Å²) in [5.74, 6) is -0.138. The van der Waals surface area contributed by atoms with Crippen LogP contribution in [0.4, 0.5) is 0 Å². The Morgan fingerprint density at radius 1 is 1.04 bits per heavy atom. The molecule has 2 heterocycles. The second kappa shape index (κ2) is 7.07. The van der Waals surface area contributed by atoms with E-state index in [0.717, 1.165) is 17.4 Å². The number of fused-ring (bicyclic) bond motifs is 1. The van der Waals surface area contributed by atoms with Crippen LogP contribution in [0.5, 0.6) is 0 Å². The number of hydrogen-bond donors (Lipinski definition) is 3. The minimum atomic E-state index is -0.138. The molecule has 5 heteroatoms. The van der Waals surface area contributed by atoms with Gasteiger partial charge in [0.25, 0.3) is 5.91 Å². The zero-order valence-corrected chi connectivity index (χ0v) is 14.2. The number of nitrogens with zero attached hydrogens (tertiary/aromatic N) is 1. The van der Waals surface area contributed by atoms with Gasteiger partial charge < -0.3 is 10.2 Å². The van der Waals surface area contributed by atoms with Crippen molar-refractivity contribution in [3.8, 4) is 0 Å². The Balaban J connectivity index is 1.46. The number of aromatic nitrogens is 2. The maximum Gasteiger partial charge on any atom is 0.272 e. The summed E-state index contributed by atoms with van der Waals surface area (Å²) in [6.07, 6.45) is 2.64. The summed E-state index contributed by atoms with van der Waals surface area (Å²) in [4.78, 5) is 14.2. The molecule has 0 unspecified atom stereocenters. The van der Waals surface area contributed by atoms with Crippen LogP contribution in [0.1, 0.15) is 34.5 Å². The molecule has 0 bridgehead atoms. The van der Waals surface area contributed by atoms with Crippen LogP contribution in [0.3, 0.4) is 0 Å². The van der Waals surface area contributed by atoms with Crippen molar-refractivity contribution in [1.82, 2.24) is 15.5 Å². The van der Waals surface area contributed by atoms with Crippen molar-refractivity contribution in [3.63, 3.8) is 0 Å². The Bertz CT molecular complexity index is 880. The summed E-state index contributed by atoms with van der Waals surface area (Å²) >= 11 is 0. The van der Waals surface area contributed by atoms with E-state index in [1.165, 1.54) is 37.1 Å². The van der Waals surface area contributed by atoms with E-state index in [2.05, 4.69) is 33.7 Å². The molecule has 1 fully saturated rings. The number of benzene rings is 2. The lowest BCUT2D eigenvalue weighted by atomic mass is 10.1. The molecule has 4 rings (SSSR count). The largest absolute Gasteiger partial charge is 0.347 e. The SMILES string of the molecule is O=C(NCc1ccccc1C[NH+]1CCCC1)c1n[nH]c2ccccc12. The molecule has 1 amide bonds. The van der Waals surface area contributed by atoms with Crippen LogP contribution in [-0.4, -0.2) is 29.2 Å². The zero-order chi connectivity index (χ0) is 17.1.